The van der Waals surface area contributed by atoms with Gasteiger partial charge in [-0.05, 0) is 43.0 Å². The molecule has 5 nitrogen and oxygen atoms in total. The third-order valence-corrected chi connectivity index (χ3v) is 7.64. The fraction of sp³-hybridized carbons (Fsp3) is 0.250. The predicted molar refractivity (Wildman–Crippen MR) is 137 cm³/mol. The molecule has 4 aromatic rings. The molecule has 0 saturated heterocycles. The van der Waals surface area contributed by atoms with Crippen LogP contribution in [-0.2, 0) is 9.53 Å². The van der Waals surface area contributed by atoms with Gasteiger partial charge in [0.05, 0.1) is 34.5 Å². The molecule has 2 atom stereocenters. The third kappa shape index (κ3) is 4.32. The number of methoxy groups -OCH3 is 1. The highest BCUT2D eigenvalue weighted by atomic mass is 32.1. The number of Topliss-reactive ketones (excluding diaryl/α,β-unsaturated/α-hetero) is 1. The molecule has 7 heteroatoms. The maximum absolute atomic E-state index is 16.1. The largest absolute Gasteiger partial charge is 0.469 e. The lowest BCUT2D eigenvalue weighted by molar-refractivity contribution is -0.146. The zero-order valence-electron chi connectivity index (χ0n) is 19.5. The fourth-order valence-electron chi connectivity index (χ4n) is 4.90. The van der Waals surface area contributed by atoms with Crippen LogP contribution < -0.4 is 5.32 Å². The van der Waals surface area contributed by atoms with E-state index >= 15 is 4.39 Å². The van der Waals surface area contributed by atoms with Crippen LogP contribution in [0.1, 0.15) is 35.2 Å². The average Bonchev–Trinajstić information content (AvgIpc) is 3.53. The summed E-state index contributed by atoms with van der Waals surface area (Å²) < 4.78 is 22.0. The van der Waals surface area contributed by atoms with Gasteiger partial charge in [0.25, 0.3) is 0 Å². The molecule has 1 N–H and O–H groups in total. The highest BCUT2D eigenvalue weighted by Gasteiger charge is 2.40. The number of hydrogen-bond acceptors (Lipinski definition) is 6. The smallest absolute Gasteiger partial charge is 0.309 e. The molecular formula is C28H25FN2O3S. The maximum atomic E-state index is 16.1. The van der Waals surface area contributed by atoms with E-state index in [-0.39, 0.29) is 17.0 Å². The number of rotatable bonds is 6. The lowest BCUT2D eigenvalue weighted by Crippen LogP contribution is -2.27. The number of aromatic nitrogens is 1. The van der Waals surface area contributed by atoms with Crippen LogP contribution in [0.3, 0.4) is 0 Å². The number of nitrogens with zero attached hydrogens (tertiary/aromatic N) is 1. The molecule has 0 amide bonds. The predicted octanol–water partition coefficient (Wildman–Crippen LogP) is 6.93. The van der Waals surface area contributed by atoms with Crippen LogP contribution in [-0.4, -0.2) is 23.8 Å². The van der Waals surface area contributed by atoms with Crippen LogP contribution in [0, 0.1) is 24.6 Å². The molecular weight excluding hydrogens is 463 g/mol. The van der Waals surface area contributed by atoms with Crippen molar-refractivity contribution in [3.05, 3.63) is 77.6 Å². The van der Waals surface area contributed by atoms with Crippen LogP contribution in [0.5, 0.6) is 0 Å². The van der Waals surface area contributed by atoms with Gasteiger partial charge in [-0.15, -0.1) is 0 Å². The summed E-state index contributed by atoms with van der Waals surface area (Å²) in [4.78, 5) is 30.3. The van der Waals surface area contributed by atoms with E-state index in [9.17, 15) is 9.59 Å². The van der Waals surface area contributed by atoms with Gasteiger partial charge in [0.1, 0.15) is 0 Å². The summed E-state index contributed by atoms with van der Waals surface area (Å²) >= 11 is 1.43. The molecule has 1 aliphatic rings. The lowest BCUT2D eigenvalue weighted by Gasteiger charge is -2.19. The summed E-state index contributed by atoms with van der Waals surface area (Å²) in [5.41, 5.74) is 3.53. The number of halogens is 1. The lowest BCUT2D eigenvalue weighted by atomic mass is 9.87. The topological polar surface area (TPSA) is 68.3 Å². The summed E-state index contributed by atoms with van der Waals surface area (Å²) in [5.74, 6) is -2.53. The van der Waals surface area contributed by atoms with Crippen LogP contribution in [0.4, 0.5) is 15.2 Å². The SMILES string of the molecule is COC(=O)[C@@H]1CCC[C@H]1C(=O)c1ccc(-c2ccccc2)c(Nc2nc3c(C)cccc3s2)c1F. The Hall–Kier alpha value is -3.58. The van der Waals surface area contributed by atoms with Crippen molar-refractivity contribution in [1.82, 2.24) is 4.98 Å². The van der Waals surface area contributed by atoms with E-state index < -0.39 is 23.6 Å². The molecule has 1 fully saturated rings. The molecule has 1 heterocycles. The summed E-state index contributed by atoms with van der Waals surface area (Å²) in [6, 6.07) is 18.7. The molecule has 1 saturated carbocycles. The van der Waals surface area contributed by atoms with E-state index in [4.69, 9.17) is 4.74 Å². The highest BCUT2D eigenvalue weighted by Crippen LogP contribution is 2.40. The average molecular weight is 489 g/mol. The Kier molecular flexibility index (Phi) is 6.34. The Balaban J connectivity index is 1.59. The van der Waals surface area contributed by atoms with Gasteiger partial charge in [0.15, 0.2) is 16.7 Å². The zero-order chi connectivity index (χ0) is 24.5. The second kappa shape index (κ2) is 9.58. The van der Waals surface area contributed by atoms with E-state index in [0.29, 0.717) is 23.5 Å². The summed E-state index contributed by atoms with van der Waals surface area (Å²) in [6.45, 7) is 1.99. The number of ketones is 1. The second-order valence-corrected chi connectivity index (χ2v) is 9.84. The fourth-order valence-corrected chi connectivity index (χ4v) is 5.85. The molecule has 0 spiro atoms. The molecule has 5 rings (SSSR count). The normalized spacial score (nSPS) is 17.5. The van der Waals surface area contributed by atoms with E-state index in [1.165, 1.54) is 24.5 Å². The van der Waals surface area contributed by atoms with Gasteiger partial charge < -0.3 is 10.1 Å². The number of hydrogen-bond donors (Lipinski definition) is 1. The van der Waals surface area contributed by atoms with Crippen molar-refractivity contribution in [3.63, 3.8) is 0 Å². The number of esters is 1. The summed E-state index contributed by atoms with van der Waals surface area (Å²) in [6.07, 6.45) is 1.84. The first-order valence-electron chi connectivity index (χ1n) is 11.6. The van der Waals surface area contributed by atoms with Crippen molar-refractivity contribution in [1.29, 1.82) is 0 Å². The Bertz CT molecular complexity index is 1420. The monoisotopic (exact) mass is 488 g/mol. The first kappa shape index (κ1) is 23.2. The molecule has 1 aromatic heterocycles. The van der Waals surface area contributed by atoms with E-state index in [2.05, 4.69) is 10.3 Å². The number of benzene rings is 3. The van der Waals surface area contributed by atoms with E-state index in [1.54, 1.807) is 6.07 Å². The van der Waals surface area contributed by atoms with Crippen LogP contribution in [0.15, 0.2) is 60.7 Å². The van der Waals surface area contributed by atoms with Gasteiger partial charge in [-0.25, -0.2) is 9.37 Å². The quantitative estimate of drug-likeness (QED) is 0.236. The number of para-hydroxylation sites is 1. The van der Waals surface area contributed by atoms with Gasteiger partial charge in [-0.2, -0.15) is 0 Å². The Morgan fingerprint density at radius 2 is 1.80 bits per heavy atom. The Morgan fingerprint density at radius 1 is 1.03 bits per heavy atom. The number of fused-ring (bicyclic) bond motifs is 1. The van der Waals surface area contributed by atoms with Crippen molar-refractivity contribution in [2.45, 2.75) is 26.2 Å². The number of ether oxygens (including phenoxy) is 1. The molecule has 3 aromatic carbocycles. The number of aryl methyl sites for hydroxylation is 1. The number of anilines is 2. The van der Waals surface area contributed by atoms with Crippen molar-refractivity contribution in [2.24, 2.45) is 11.8 Å². The first-order valence-corrected chi connectivity index (χ1v) is 12.4. The maximum Gasteiger partial charge on any atom is 0.309 e. The molecule has 0 bridgehead atoms. The second-order valence-electron chi connectivity index (χ2n) is 8.81. The van der Waals surface area contributed by atoms with Gasteiger partial charge in [-0.3, -0.25) is 9.59 Å². The van der Waals surface area contributed by atoms with Crippen molar-refractivity contribution in [2.75, 3.05) is 12.4 Å². The zero-order valence-corrected chi connectivity index (χ0v) is 20.3. The van der Waals surface area contributed by atoms with Gasteiger partial charge in [-0.1, -0.05) is 66.3 Å². The molecule has 0 aliphatic heterocycles. The van der Waals surface area contributed by atoms with E-state index in [1.807, 2.05) is 55.5 Å². The summed E-state index contributed by atoms with van der Waals surface area (Å²) in [5, 5.41) is 3.72. The number of thiazole rings is 1. The van der Waals surface area contributed by atoms with Crippen molar-refractivity contribution < 1.29 is 18.7 Å². The minimum Gasteiger partial charge on any atom is -0.469 e. The minimum absolute atomic E-state index is 0.0229. The van der Waals surface area contributed by atoms with Gasteiger partial charge >= 0.3 is 5.97 Å². The molecule has 178 valence electrons. The Labute approximate surface area is 207 Å². The number of nitrogens with one attached hydrogen (secondary N) is 1. The van der Waals surface area contributed by atoms with Crippen molar-refractivity contribution in [3.8, 4) is 11.1 Å². The number of carbonyl (C=O) groups is 2. The standard InChI is InChI=1S/C28H25FN2O3S/c1-16-8-6-13-22-24(16)30-28(35-22)31-25-18(17-9-4-3-5-10-17)14-15-21(23(25)29)26(32)19-11-7-12-20(19)27(33)34-2/h3-6,8-10,13-15,19-20H,7,11-12H2,1-2H3,(H,30,31)/t19-,20-/m1/s1. The third-order valence-electron chi connectivity index (χ3n) is 6.70. The van der Waals surface area contributed by atoms with Crippen LogP contribution >= 0.6 is 11.3 Å². The first-order chi connectivity index (χ1) is 17.0. The molecule has 1 aliphatic carbocycles. The Morgan fingerprint density at radius 3 is 2.54 bits per heavy atom. The van der Waals surface area contributed by atoms with Gasteiger partial charge in [0, 0.05) is 11.5 Å². The van der Waals surface area contributed by atoms with Crippen molar-refractivity contribution >= 4 is 44.1 Å². The van der Waals surface area contributed by atoms with Crippen LogP contribution in [0.2, 0.25) is 0 Å². The summed E-state index contributed by atoms with van der Waals surface area (Å²) in [7, 11) is 1.32. The molecule has 0 radical (unpaired) electrons. The van der Waals surface area contributed by atoms with E-state index in [0.717, 1.165) is 27.8 Å². The van der Waals surface area contributed by atoms with Crippen LogP contribution in [0.25, 0.3) is 21.3 Å². The highest BCUT2D eigenvalue weighted by molar-refractivity contribution is 7.22. The minimum atomic E-state index is -0.636. The van der Waals surface area contributed by atoms with Gasteiger partial charge in [0.2, 0.25) is 0 Å². The molecule has 35 heavy (non-hydrogen) atoms. The number of carbonyl (C=O) groups excluding carboxylic acids is 2. The molecule has 0 unspecified atom stereocenters.